The van der Waals surface area contributed by atoms with E-state index in [0.717, 1.165) is 0 Å². The highest BCUT2D eigenvalue weighted by Crippen LogP contribution is 2.28. The second-order valence-corrected chi connectivity index (χ2v) is 5.48. The minimum atomic E-state index is -0.179. The Morgan fingerprint density at radius 2 is 1.20 bits per heavy atom. The van der Waals surface area contributed by atoms with Gasteiger partial charge in [0.1, 0.15) is 0 Å². The molecule has 0 heterocycles. The Balaban J connectivity index is 2.58. The predicted molar refractivity (Wildman–Crippen MR) is 85.5 cm³/mol. The van der Waals surface area contributed by atoms with Gasteiger partial charge in [0.2, 0.25) is 0 Å². The van der Waals surface area contributed by atoms with Gasteiger partial charge in [-0.3, -0.25) is 4.79 Å². The van der Waals surface area contributed by atoms with Gasteiger partial charge in [0.25, 0.3) is 0 Å². The van der Waals surface area contributed by atoms with E-state index in [1.807, 2.05) is 0 Å². The summed E-state index contributed by atoms with van der Waals surface area (Å²) in [7, 11) is 0. The van der Waals surface area contributed by atoms with Crippen molar-refractivity contribution >= 4 is 52.2 Å². The average molecular weight is 348 g/mol. The predicted octanol–water partition coefficient (Wildman–Crippen LogP) is 5.70. The zero-order chi connectivity index (χ0) is 14.7. The number of hydrogen-bond donors (Lipinski definition) is 0. The van der Waals surface area contributed by atoms with E-state index in [0.29, 0.717) is 32.3 Å². The molecule has 0 aliphatic rings. The molecule has 0 spiro atoms. The summed E-state index contributed by atoms with van der Waals surface area (Å²) in [4.78, 5) is 12.7. The fraction of sp³-hybridized carbons (Fsp3) is 0.133. The van der Waals surface area contributed by atoms with Gasteiger partial charge in [-0.25, -0.2) is 0 Å². The van der Waals surface area contributed by atoms with E-state index in [9.17, 15) is 4.79 Å². The number of carbonyl (C=O) groups excluding carboxylic acids is 1. The minimum Gasteiger partial charge on any atom is -0.289 e. The van der Waals surface area contributed by atoms with Crippen molar-refractivity contribution < 1.29 is 4.79 Å². The van der Waals surface area contributed by atoms with Crippen LogP contribution >= 0.6 is 46.4 Å². The maximum Gasteiger partial charge on any atom is 0.193 e. The van der Waals surface area contributed by atoms with E-state index in [1.54, 1.807) is 36.4 Å². The molecule has 0 unspecified atom stereocenters. The molecule has 0 N–H and O–H groups in total. The first kappa shape index (κ1) is 15.7. The fourth-order valence-electron chi connectivity index (χ4n) is 1.96. The number of alkyl halides is 2. The van der Waals surface area contributed by atoms with Gasteiger partial charge in [0.05, 0.1) is 0 Å². The smallest absolute Gasteiger partial charge is 0.193 e. The topological polar surface area (TPSA) is 17.1 Å². The number of rotatable bonds is 4. The molecule has 0 amide bonds. The Kier molecular flexibility index (Phi) is 5.34. The van der Waals surface area contributed by atoms with Crippen LogP contribution in [0.2, 0.25) is 10.0 Å². The van der Waals surface area contributed by atoms with Gasteiger partial charge in [0, 0.05) is 32.9 Å². The molecule has 0 bridgehead atoms. The average Bonchev–Trinajstić information content (AvgIpc) is 2.46. The molecule has 2 rings (SSSR count). The first-order chi connectivity index (χ1) is 9.60. The van der Waals surface area contributed by atoms with Crippen molar-refractivity contribution in [3.8, 4) is 0 Å². The molecule has 2 aromatic carbocycles. The quantitative estimate of drug-likeness (QED) is 0.512. The number of carbonyl (C=O) groups is 1. The molecular weight excluding hydrogens is 338 g/mol. The second kappa shape index (κ2) is 6.82. The Morgan fingerprint density at radius 1 is 0.800 bits per heavy atom. The summed E-state index contributed by atoms with van der Waals surface area (Å²) >= 11 is 23.9. The molecule has 0 radical (unpaired) electrons. The van der Waals surface area contributed by atoms with Crippen molar-refractivity contribution in [3.63, 3.8) is 0 Å². The monoisotopic (exact) mass is 346 g/mol. The van der Waals surface area contributed by atoms with Crippen molar-refractivity contribution in [2.45, 2.75) is 11.8 Å². The standard InChI is InChI=1S/C15H10Cl4O/c16-7-11-9(3-1-5-13(11)18)15(20)10-4-2-6-14(19)12(10)8-17/h1-6H,7-8H2. The van der Waals surface area contributed by atoms with Crippen LogP contribution in [0.4, 0.5) is 0 Å². The highest BCUT2D eigenvalue weighted by molar-refractivity contribution is 6.34. The van der Waals surface area contributed by atoms with Crippen molar-refractivity contribution in [1.29, 1.82) is 0 Å². The molecule has 0 saturated carbocycles. The van der Waals surface area contributed by atoms with E-state index in [-0.39, 0.29) is 17.5 Å². The summed E-state index contributed by atoms with van der Waals surface area (Å²) in [6.45, 7) is 0. The van der Waals surface area contributed by atoms with Crippen LogP contribution in [0.25, 0.3) is 0 Å². The highest BCUT2D eigenvalue weighted by Gasteiger charge is 2.19. The lowest BCUT2D eigenvalue weighted by Gasteiger charge is -2.11. The van der Waals surface area contributed by atoms with Crippen LogP contribution in [-0.2, 0) is 11.8 Å². The molecule has 104 valence electrons. The van der Waals surface area contributed by atoms with E-state index in [4.69, 9.17) is 46.4 Å². The van der Waals surface area contributed by atoms with E-state index in [1.165, 1.54) is 0 Å². The first-order valence-corrected chi connectivity index (χ1v) is 7.64. The van der Waals surface area contributed by atoms with Gasteiger partial charge in [-0.1, -0.05) is 47.5 Å². The van der Waals surface area contributed by atoms with E-state index >= 15 is 0 Å². The molecule has 0 saturated heterocycles. The van der Waals surface area contributed by atoms with Crippen molar-refractivity contribution in [3.05, 3.63) is 68.7 Å². The van der Waals surface area contributed by atoms with Crippen LogP contribution in [0.1, 0.15) is 27.0 Å². The number of halogens is 4. The number of hydrogen-bond acceptors (Lipinski definition) is 1. The largest absolute Gasteiger partial charge is 0.289 e. The second-order valence-electron chi connectivity index (χ2n) is 4.13. The van der Waals surface area contributed by atoms with Gasteiger partial charge >= 0.3 is 0 Å². The maximum absolute atomic E-state index is 12.7. The lowest BCUT2D eigenvalue weighted by atomic mass is 9.96. The number of benzene rings is 2. The Bertz CT molecular complexity index is 597. The van der Waals surface area contributed by atoms with E-state index in [2.05, 4.69) is 0 Å². The normalized spacial score (nSPS) is 10.6. The van der Waals surface area contributed by atoms with Gasteiger partial charge in [-0.15, -0.1) is 23.2 Å². The van der Waals surface area contributed by atoms with Crippen LogP contribution in [0.5, 0.6) is 0 Å². The Morgan fingerprint density at radius 3 is 1.55 bits per heavy atom. The Hall–Kier alpha value is -0.730. The van der Waals surface area contributed by atoms with Gasteiger partial charge in [0.15, 0.2) is 5.78 Å². The lowest BCUT2D eigenvalue weighted by Crippen LogP contribution is -2.08. The summed E-state index contributed by atoms with van der Waals surface area (Å²) in [6.07, 6.45) is 0. The number of ketones is 1. The highest BCUT2D eigenvalue weighted by atomic mass is 35.5. The summed E-state index contributed by atoms with van der Waals surface area (Å²) < 4.78 is 0. The molecule has 5 heteroatoms. The van der Waals surface area contributed by atoms with E-state index < -0.39 is 0 Å². The van der Waals surface area contributed by atoms with Crippen LogP contribution in [-0.4, -0.2) is 5.78 Å². The molecule has 1 nitrogen and oxygen atoms in total. The molecule has 0 fully saturated rings. The van der Waals surface area contributed by atoms with Gasteiger partial charge in [-0.05, 0) is 23.3 Å². The van der Waals surface area contributed by atoms with Crippen molar-refractivity contribution in [2.24, 2.45) is 0 Å². The van der Waals surface area contributed by atoms with Crippen molar-refractivity contribution in [1.82, 2.24) is 0 Å². The summed E-state index contributed by atoms with van der Waals surface area (Å²) in [5.41, 5.74) is 2.17. The minimum absolute atomic E-state index is 0.164. The third kappa shape index (κ3) is 2.96. The SMILES string of the molecule is O=C(c1cccc(Cl)c1CCl)c1cccc(Cl)c1CCl. The molecular formula is C15H10Cl4O. The van der Waals surface area contributed by atoms with Crippen LogP contribution in [0, 0.1) is 0 Å². The third-order valence-corrected chi connectivity index (χ3v) is 4.24. The third-order valence-electron chi connectivity index (χ3n) is 2.99. The zero-order valence-corrected chi connectivity index (χ0v) is 13.3. The fourth-order valence-corrected chi connectivity index (χ4v) is 3.15. The van der Waals surface area contributed by atoms with Crippen LogP contribution in [0.3, 0.4) is 0 Å². The maximum atomic E-state index is 12.7. The van der Waals surface area contributed by atoms with Crippen LogP contribution in [0.15, 0.2) is 36.4 Å². The van der Waals surface area contributed by atoms with Crippen LogP contribution < -0.4 is 0 Å². The summed E-state index contributed by atoms with van der Waals surface area (Å²) in [5, 5.41) is 0.945. The first-order valence-electron chi connectivity index (χ1n) is 5.81. The summed E-state index contributed by atoms with van der Waals surface area (Å²) in [6, 6.07) is 10.2. The Labute approximate surface area is 137 Å². The van der Waals surface area contributed by atoms with Crippen molar-refractivity contribution in [2.75, 3.05) is 0 Å². The molecule has 0 aliphatic heterocycles. The zero-order valence-electron chi connectivity index (χ0n) is 10.3. The molecule has 20 heavy (non-hydrogen) atoms. The molecule has 0 aliphatic carbocycles. The van der Waals surface area contributed by atoms with Gasteiger partial charge in [-0.2, -0.15) is 0 Å². The molecule has 2 aromatic rings. The molecule has 0 aromatic heterocycles. The molecule has 0 atom stereocenters. The summed E-state index contributed by atoms with van der Waals surface area (Å²) in [5.74, 6) is 0.149. The lowest BCUT2D eigenvalue weighted by molar-refractivity contribution is 0.103. The van der Waals surface area contributed by atoms with Gasteiger partial charge < -0.3 is 0 Å².